The highest BCUT2D eigenvalue weighted by Crippen LogP contribution is 2.23. The van der Waals surface area contributed by atoms with Gasteiger partial charge in [0.05, 0.1) is 23.7 Å². The van der Waals surface area contributed by atoms with Crippen LogP contribution in [0.3, 0.4) is 0 Å². The van der Waals surface area contributed by atoms with Crippen molar-refractivity contribution in [1.29, 1.82) is 0 Å². The third-order valence-corrected chi connectivity index (χ3v) is 6.74. The van der Waals surface area contributed by atoms with E-state index in [2.05, 4.69) is 5.32 Å². The summed E-state index contributed by atoms with van der Waals surface area (Å²) in [5.74, 6) is -1.49. The van der Waals surface area contributed by atoms with Gasteiger partial charge in [-0.15, -0.1) is 11.8 Å². The molecule has 1 aliphatic heterocycles. The van der Waals surface area contributed by atoms with Crippen LogP contribution in [0.1, 0.15) is 10.4 Å². The number of sulfonamides is 1. The fourth-order valence-corrected chi connectivity index (χ4v) is 4.57. The Balaban J connectivity index is 1.87. The van der Waals surface area contributed by atoms with Crippen molar-refractivity contribution in [3.63, 3.8) is 0 Å². The molecule has 0 aliphatic carbocycles. The summed E-state index contributed by atoms with van der Waals surface area (Å²) in [4.78, 5) is 13.3. The Bertz CT molecular complexity index is 944. The van der Waals surface area contributed by atoms with Crippen molar-refractivity contribution in [1.82, 2.24) is 4.31 Å². The first-order valence-corrected chi connectivity index (χ1v) is 10.9. The van der Waals surface area contributed by atoms with Crippen molar-refractivity contribution in [3.8, 4) is 0 Å². The number of nitrogens with one attached hydrogen (secondary N) is 1. The lowest BCUT2D eigenvalue weighted by Crippen LogP contribution is -2.40. The number of nitrogens with zero attached hydrogens (tertiary/aromatic N) is 1. The summed E-state index contributed by atoms with van der Waals surface area (Å²) in [6.07, 6.45) is 1.90. The highest BCUT2D eigenvalue weighted by atomic mass is 32.2. The minimum atomic E-state index is -3.82. The topological polar surface area (TPSA) is 75.7 Å². The second-order valence-corrected chi connectivity index (χ2v) is 8.66. The molecule has 2 aromatic carbocycles. The quantitative estimate of drug-likeness (QED) is 0.767. The van der Waals surface area contributed by atoms with Gasteiger partial charge in [-0.3, -0.25) is 4.79 Å². The van der Waals surface area contributed by atoms with E-state index < -0.39 is 21.7 Å². The molecule has 0 spiro atoms. The standard InChI is InChI=1S/C18H19FN2O4S2/c1-26-14-4-2-3-13(11-14)20-18(22)16-12-15(5-6-17(16)19)27(23,24)21-7-9-25-10-8-21/h2-6,11-12H,7-10H2,1H3,(H,20,22). The van der Waals surface area contributed by atoms with Gasteiger partial charge in [0.15, 0.2) is 0 Å². The van der Waals surface area contributed by atoms with Crippen LogP contribution in [0.5, 0.6) is 0 Å². The van der Waals surface area contributed by atoms with Crippen LogP contribution in [0.4, 0.5) is 10.1 Å². The highest BCUT2D eigenvalue weighted by molar-refractivity contribution is 7.98. The van der Waals surface area contributed by atoms with Gasteiger partial charge in [-0.25, -0.2) is 12.8 Å². The van der Waals surface area contributed by atoms with Gasteiger partial charge < -0.3 is 10.1 Å². The smallest absolute Gasteiger partial charge is 0.258 e. The summed E-state index contributed by atoms with van der Waals surface area (Å²) in [5.41, 5.74) is 0.187. The maximum atomic E-state index is 14.2. The van der Waals surface area contributed by atoms with E-state index in [0.29, 0.717) is 18.9 Å². The van der Waals surface area contributed by atoms with Crippen molar-refractivity contribution >= 4 is 33.4 Å². The maximum Gasteiger partial charge on any atom is 0.258 e. The number of ether oxygens (including phenoxy) is 1. The molecular formula is C18H19FN2O4S2. The van der Waals surface area contributed by atoms with Gasteiger partial charge in [-0.2, -0.15) is 4.31 Å². The van der Waals surface area contributed by atoms with Crippen molar-refractivity contribution < 1.29 is 22.3 Å². The number of hydrogen-bond acceptors (Lipinski definition) is 5. The molecule has 6 nitrogen and oxygen atoms in total. The number of halogens is 1. The number of amides is 1. The number of benzene rings is 2. The molecule has 0 atom stereocenters. The van der Waals surface area contributed by atoms with E-state index in [4.69, 9.17) is 4.74 Å². The summed E-state index contributed by atoms with van der Waals surface area (Å²) in [5, 5.41) is 2.61. The molecule has 0 unspecified atom stereocenters. The molecule has 144 valence electrons. The number of thioether (sulfide) groups is 1. The molecule has 9 heteroatoms. The third-order valence-electron chi connectivity index (χ3n) is 4.12. The molecule has 1 heterocycles. The molecule has 27 heavy (non-hydrogen) atoms. The second-order valence-electron chi connectivity index (χ2n) is 5.84. The Morgan fingerprint density at radius 1 is 1.19 bits per heavy atom. The molecule has 1 N–H and O–H groups in total. The summed E-state index contributed by atoms with van der Waals surface area (Å²) in [6, 6.07) is 10.4. The molecule has 0 radical (unpaired) electrons. The van der Waals surface area contributed by atoms with E-state index >= 15 is 0 Å². The Morgan fingerprint density at radius 2 is 1.93 bits per heavy atom. The Morgan fingerprint density at radius 3 is 2.63 bits per heavy atom. The number of hydrogen-bond donors (Lipinski definition) is 1. The third kappa shape index (κ3) is 4.49. The Kier molecular flexibility index (Phi) is 6.15. The zero-order valence-electron chi connectivity index (χ0n) is 14.6. The van der Waals surface area contributed by atoms with Gasteiger partial charge >= 0.3 is 0 Å². The van der Waals surface area contributed by atoms with Gasteiger partial charge in [0.1, 0.15) is 5.82 Å². The minimum absolute atomic E-state index is 0.117. The minimum Gasteiger partial charge on any atom is -0.379 e. The lowest BCUT2D eigenvalue weighted by atomic mass is 10.2. The lowest BCUT2D eigenvalue weighted by Gasteiger charge is -2.26. The van der Waals surface area contributed by atoms with Crippen LogP contribution in [-0.4, -0.2) is 51.2 Å². The molecule has 1 amide bonds. The van der Waals surface area contributed by atoms with Crippen LogP contribution in [0.25, 0.3) is 0 Å². The number of rotatable bonds is 5. The summed E-state index contributed by atoms with van der Waals surface area (Å²) >= 11 is 1.51. The monoisotopic (exact) mass is 410 g/mol. The predicted octanol–water partition coefficient (Wildman–Crippen LogP) is 2.82. The Hall–Kier alpha value is -1.94. The van der Waals surface area contributed by atoms with Crippen LogP contribution in [0.2, 0.25) is 0 Å². The molecule has 1 aliphatic rings. The van der Waals surface area contributed by atoms with Gasteiger partial charge in [0.25, 0.3) is 5.91 Å². The molecule has 0 bridgehead atoms. The van der Waals surface area contributed by atoms with Gasteiger partial charge in [-0.1, -0.05) is 6.07 Å². The molecule has 0 aromatic heterocycles. The first kappa shape index (κ1) is 19.8. The zero-order valence-corrected chi connectivity index (χ0v) is 16.3. The van der Waals surface area contributed by atoms with Crippen LogP contribution in [-0.2, 0) is 14.8 Å². The van der Waals surface area contributed by atoms with Crippen molar-refractivity contribution in [2.24, 2.45) is 0 Å². The Labute approximate surface area is 161 Å². The van der Waals surface area contributed by atoms with Crippen LogP contribution < -0.4 is 5.32 Å². The van der Waals surface area contributed by atoms with E-state index in [1.807, 2.05) is 12.3 Å². The molecule has 0 saturated carbocycles. The first-order valence-electron chi connectivity index (χ1n) is 8.24. The fraction of sp³-hybridized carbons (Fsp3) is 0.278. The summed E-state index contributed by atoms with van der Waals surface area (Å²) < 4.78 is 46.1. The first-order chi connectivity index (χ1) is 12.9. The maximum absolute atomic E-state index is 14.2. The average Bonchev–Trinajstić information content (AvgIpc) is 2.69. The van der Waals surface area contributed by atoms with E-state index in [1.54, 1.807) is 18.2 Å². The number of anilines is 1. The lowest BCUT2D eigenvalue weighted by molar-refractivity contribution is 0.0730. The summed E-state index contributed by atoms with van der Waals surface area (Å²) in [7, 11) is -3.82. The van der Waals surface area contributed by atoms with Gasteiger partial charge in [0, 0.05) is 23.7 Å². The van der Waals surface area contributed by atoms with Crippen molar-refractivity contribution in [3.05, 3.63) is 53.8 Å². The van der Waals surface area contributed by atoms with E-state index in [0.717, 1.165) is 17.0 Å². The second kappa shape index (κ2) is 8.39. The van der Waals surface area contributed by atoms with Gasteiger partial charge in [-0.05, 0) is 42.7 Å². The van der Waals surface area contributed by atoms with E-state index in [-0.39, 0.29) is 23.5 Å². The van der Waals surface area contributed by atoms with Crippen molar-refractivity contribution in [2.75, 3.05) is 37.9 Å². The van der Waals surface area contributed by atoms with Crippen molar-refractivity contribution in [2.45, 2.75) is 9.79 Å². The number of carbonyl (C=O) groups is 1. The average molecular weight is 410 g/mol. The molecule has 1 fully saturated rings. The zero-order chi connectivity index (χ0) is 19.4. The number of morpholine rings is 1. The normalized spacial score (nSPS) is 15.5. The predicted molar refractivity (Wildman–Crippen MR) is 102 cm³/mol. The fourth-order valence-electron chi connectivity index (χ4n) is 2.67. The molecule has 1 saturated heterocycles. The van der Waals surface area contributed by atoms with Gasteiger partial charge in [0.2, 0.25) is 10.0 Å². The highest BCUT2D eigenvalue weighted by Gasteiger charge is 2.27. The molecule has 3 rings (SSSR count). The largest absolute Gasteiger partial charge is 0.379 e. The molecule has 2 aromatic rings. The number of carbonyl (C=O) groups excluding carboxylic acids is 1. The molecular weight excluding hydrogens is 391 g/mol. The summed E-state index contributed by atoms with van der Waals surface area (Å²) in [6.45, 7) is 1.06. The van der Waals surface area contributed by atoms with E-state index in [1.165, 1.54) is 22.1 Å². The van der Waals surface area contributed by atoms with E-state index in [9.17, 15) is 17.6 Å². The van der Waals surface area contributed by atoms with Crippen LogP contribution in [0.15, 0.2) is 52.3 Å². The SMILES string of the molecule is CSc1cccc(NC(=O)c2cc(S(=O)(=O)N3CCOCC3)ccc2F)c1. The van der Waals surface area contributed by atoms with Crippen LogP contribution >= 0.6 is 11.8 Å². The van der Waals surface area contributed by atoms with Crippen LogP contribution in [0, 0.1) is 5.82 Å².